The average Bonchev–Trinajstić information content (AvgIpc) is 2.57. The van der Waals surface area contributed by atoms with Crippen LogP contribution in [0.3, 0.4) is 0 Å². The van der Waals surface area contributed by atoms with Gasteiger partial charge in [0.15, 0.2) is 18.1 Å². The number of amides is 1. The fourth-order valence-corrected chi connectivity index (χ4v) is 2.38. The van der Waals surface area contributed by atoms with Crippen molar-refractivity contribution in [1.82, 2.24) is 0 Å². The van der Waals surface area contributed by atoms with Crippen molar-refractivity contribution in [2.45, 2.75) is 19.0 Å². The molecule has 0 atom stereocenters. The molecule has 2 aromatic rings. The van der Waals surface area contributed by atoms with E-state index in [9.17, 15) is 18.0 Å². The van der Waals surface area contributed by atoms with E-state index in [0.717, 1.165) is 5.56 Å². The zero-order chi connectivity index (χ0) is 19.2. The molecule has 4 nitrogen and oxygen atoms in total. The molecule has 2 aromatic carbocycles. The standard InChI is InChI=1S/C18H17ClF3NO3/c1-25-16-9-12(5-7-15(16)26-11-18(20,21)22)6-8-17(24)23-14-4-2-3-13(19)10-14/h2-5,7,9-10H,6,8,11H2,1H3,(H,23,24). The molecule has 8 heteroatoms. The number of benzene rings is 2. The molecule has 0 saturated heterocycles. The topological polar surface area (TPSA) is 47.6 Å². The van der Waals surface area contributed by atoms with Crippen LogP contribution >= 0.6 is 11.6 Å². The summed E-state index contributed by atoms with van der Waals surface area (Å²) in [5.41, 5.74) is 1.33. The largest absolute Gasteiger partial charge is 0.493 e. The van der Waals surface area contributed by atoms with Crippen molar-refractivity contribution >= 4 is 23.2 Å². The van der Waals surface area contributed by atoms with Crippen molar-refractivity contribution in [1.29, 1.82) is 0 Å². The Morgan fingerprint density at radius 2 is 1.92 bits per heavy atom. The Labute approximate surface area is 153 Å². The number of hydrogen-bond acceptors (Lipinski definition) is 3. The summed E-state index contributed by atoms with van der Waals surface area (Å²) < 4.78 is 46.5. The number of hydrogen-bond donors (Lipinski definition) is 1. The van der Waals surface area contributed by atoms with Crippen molar-refractivity contribution in [2.75, 3.05) is 19.0 Å². The highest BCUT2D eigenvalue weighted by Gasteiger charge is 2.29. The first kappa shape index (κ1) is 19.9. The minimum atomic E-state index is -4.43. The van der Waals surface area contributed by atoms with Gasteiger partial charge in [-0.25, -0.2) is 0 Å². The van der Waals surface area contributed by atoms with Crippen molar-refractivity contribution in [3.05, 3.63) is 53.1 Å². The Morgan fingerprint density at radius 1 is 1.15 bits per heavy atom. The monoisotopic (exact) mass is 387 g/mol. The van der Waals surface area contributed by atoms with Gasteiger partial charge in [-0.15, -0.1) is 0 Å². The second-order valence-corrected chi connectivity index (χ2v) is 5.88. The van der Waals surface area contributed by atoms with Gasteiger partial charge in [-0.05, 0) is 42.3 Å². The number of aryl methyl sites for hydroxylation is 1. The fourth-order valence-electron chi connectivity index (χ4n) is 2.19. The van der Waals surface area contributed by atoms with Gasteiger partial charge in [0.05, 0.1) is 7.11 Å². The van der Waals surface area contributed by atoms with E-state index in [4.69, 9.17) is 21.1 Å². The van der Waals surface area contributed by atoms with Gasteiger partial charge in [0.25, 0.3) is 0 Å². The Balaban J connectivity index is 1.93. The lowest BCUT2D eigenvalue weighted by atomic mass is 10.1. The van der Waals surface area contributed by atoms with Crippen LogP contribution < -0.4 is 14.8 Å². The Morgan fingerprint density at radius 3 is 2.58 bits per heavy atom. The molecular formula is C18H17ClF3NO3. The van der Waals surface area contributed by atoms with Crippen molar-refractivity contribution in [3.63, 3.8) is 0 Å². The number of carbonyl (C=O) groups excluding carboxylic acids is 1. The molecule has 0 heterocycles. The molecule has 0 aromatic heterocycles. The van der Waals surface area contributed by atoms with Crippen LogP contribution in [0.2, 0.25) is 5.02 Å². The smallest absolute Gasteiger partial charge is 0.422 e. The normalized spacial score (nSPS) is 11.1. The average molecular weight is 388 g/mol. The number of halogens is 4. The van der Waals surface area contributed by atoms with E-state index in [1.165, 1.54) is 13.2 Å². The SMILES string of the molecule is COc1cc(CCC(=O)Nc2cccc(Cl)c2)ccc1OCC(F)(F)F. The summed E-state index contributed by atoms with van der Waals surface area (Å²) in [5, 5.41) is 3.24. The quantitative estimate of drug-likeness (QED) is 0.738. The number of alkyl halides is 3. The van der Waals surface area contributed by atoms with Crippen LogP contribution in [0.4, 0.5) is 18.9 Å². The molecule has 1 amide bonds. The summed E-state index contributed by atoms with van der Waals surface area (Å²) in [4.78, 5) is 12.0. The summed E-state index contributed by atoms with van der Waals surface area (Å²) >= 11 is 5.86. The molecule has 0 aliphatic rings. The lowest BCUT2D eigenvalue weighted by molar-refractivity contribution is -0.153. The van der Waals surface area contributed by atoms with Gasteiger partial charge in [-0.1, -0.05) is 23.7 Å². The third kappa shape index (κ3) is 6.48. The van der Waals surface area contributed by atoms with Crippen LogP contribution in [0.1, 0.15) is 12.0 Å². The molecule has 0 unspecified atom stereocenters. The number of ether oxygens (including phenoxy) is 2. The highest BCUT2D eigenvalue weighted by Crippen LogP contribution is 2.30. The van der Waals surface area contributed by atoms with E-state index < -0.39 is 12.8 Å². The van der Waals surface area contributed by atoms with E-state index in [0.29, 0.717) is 17.1 Å². The summed E-state index contributed by atoms with van der Waals surface area (Å²) in [6.45, 7) is -1.40. The Kier molecular flexibility index (Phi) is 6.74. The highest BCUT2D eigenvalue weighted by molar-refractivity contribution is 6.30. The third-order valence-corrected chi connectivity index (χ3v) is 3.60. The maximum atomic E-state index is 12.3. The van der Waals surface area contributed by atoms with E-state index in [2.05, 4.69) is 5.32 Å². The molecule has 0 saturated carbocycles. The van der Waals surface area contributed by atoms with Gasteiger partial charge in [0, 0.05) is 17.1 Å². The van der Waals surface area contributed by atoms with Crippen molar-refractivity contribution in [2.24, 2.45) is 0 Å². The van der Waals surface area contributed by atoms with Gasteiger partial charge in [-0.3, -0.25) is 4.79 Å². The van der Waals surface area contributed by atoms with Crippen molar-refractivity contribution < 1.29 is 27.4 Å². The lowest BCUT2D eigenvalue weighted by Gasteiger charge is -2.13. The van der Waals surface area contributed by atoms with Gasteiger partial charge in [-0.2, -0.15) is 13.2 Å². The lowest BCUT2D eigenvalue weighted by Crippen LogP contribution is -2.19. The zero-order valence-corrected chi connectivity index (χ0v) is 14.7. The van der Waals surface area contributed by atoms with Gasteiger partial charge < -0.3 is 14.8 Å². The number of methoxy groups -OCH3 is 1. The summed E-state index contributed by atoms with van der Waals surface area (Å²) in [6.07, 6.45) is -3.84. The third-order valence-electron chi connectivity index (χ3n) is 3.37. The van der Waals surface area contributed by atoms with Gasteiger partial charge in [0.2, 0.25) is 5.91 Å². The first-order valence-corrected chi connectivity index (χ1v) is 8.06. The van der Waals surface area contributed by atoms with E-state index in [1.54, 1.807) is 36.4 Å². The molecule has 26 heavy (non-hydrogen) atoms. The maximum absolute atomic E-state index is 12.3. The molecule has 0 bridgehead atoms. The summed E-state index contributed by atoms with van der Waals surface area (Å²) in [6, 6.07) is 11.3. The molecule has 0 aliphatic carbocycles. The second kappa shape index (κ2) is 8.80. The predicted molar refractivity (Wildman–Crippen MR) is 92.9 cm³/mol. The molecule has 0 fully saturated rings. The van der Waals surface area contributed by atoms with Crippen LogP contribution in [0.25, 0.3) is 0 Å². The predicted octanol–water partition coefficient (Wildman–Crippen LogP) is 4.86. The van der Waals surface area contributed by atoms with Crippen molar-refractivity contribution in [3.8, 4) is 11.5 Å². The van der Waals surface area contributed by atoms with Gasteiger partial charge in [0.1, 0.15) is 0 Å². The Hall–Kier alpha value is -2.41. The van der Waals surface area contributed by atoms with E-state index >= 15 is 0 Å². The molecule has 140 valence electrons. The molecular weight excluding hydrogens is 371 g/mol. The number of rotatable bonds is 7. The maximum Gasteiger partial charge on any atom is 0.422 e. The molecule has 0 spiro atoms. The van der Waals surface area contributed by atoms with E-state index in [1.807, 2.05) is 0 Å². The summed E-state index contributed by atoms with van der Waals surface area (Å²) in [5.74, 6) is -0.0254. The summed E-state index contributed by atoms with van der Waals surface area (Å²) in [7, 11) is 1.34. The van der Waals surface area contributed by atoms with Gasteiger partial charge >= 0.3 is 6.18 Å². The molecule has 0 radical (unpaired) electrons. The van der Waals surface area contributed by atoms with Crippen LogP contribution in [0, 0.1) is 0 Å². The van der Waals surface area contributed by atoms with Crippen LogP contribution in [-0.4, -0.2) is 25.8 Å². The highest BCUT2D eigenvalue weighted by atomic mass is 35.5. The first-order valence-electron chi connectivity index (χ1n) is 7.69. The molecule has 1 N–H and O–H groups in total. The number of anilines is 1. The van der Waals surface area contributed by atoms with Crippen LogP contribution in [0.5, 0.6) is 11.5 Å². The number of nitrogens with one attached hydrogen (secondary N) is 1. The zero-order valence-electron chi connectivity index (χ0n) is 13.9. The van der Waals surface area contributed by atoms with Crippen LogP contribution in [-0.2, 0) is 11.2 Å². The Bertz CT molecular complexity index is 766. The molecule has 2 rings (SSSR count). The second-order valence-electron chi connectivity index (χ2n) is 5.45. The minimum Gasteiger partial charge on any atom is -0.493 e. The number of carbonyl (C=O) groups is 1. The van der Waals surface area contributed by atoms with Crippen LogP contribution in [0.15, 0.2) is 42.5 Å². The first-order chi connectivity index (χ1) is 12.3. The fraction of sp³-hybridized carbons (Fsp3) is 0.278. The van der Waals surface area contributed by atoms with E-state index in [-0.39, 0.29) is 23.8 Å². The minimum absolute atomic E-state index is 0.00282. The molecule has 0 aliphatic heterocycles.